The van der Waals surface area contributed by atoms with Gasteiger partial charge in [-0.05, 0) is 51.0 Å². The monoisotopic (exact) mass is 488 g/mol. The van der Waals surface area contributed by atoms with Crippen LogP contribution in [0.1, 0.15) is 39.2 Å². The molecule has 2 aromatic heterocycles. The van der Waals surface area contributed by atoms with Crippen LogP contribution in [0.4, 0.5) is 5.13 Å². The van der Waals surface area contributed by atoms with Crippen LogP contribution in [0.3, 0.4) is 0 Å². The Bertz CT molecular complexity index is 1130. The zero-order valence-electron chi connectivity index (χ0n) is 19.6. The lowest BCUT2D eigenvalue weighted by atomic mass is 10.1. The quantitative estimate of drug-likeness (QED) is 0.458. The second kappa shape index (κ2) is 10.8. The van der Waals surface area contributed by atoms with E-state index < -0.39 is 0 Å². The maximum Gasteiger partial charge on any atom is 0.265 e. The fourth-order valence-corrected chi connectivity index (χ4v) is 4.98. The first-order chi connectivity index (χ1) is 15.7. The average Bonchev–Trinajstić information content (AvgIpc) is 3.31. The van der Waals surface area contributed by atoms with Crippen molar-refractivity contribution in [2.45, 2.75) is 46.0 Å². The standard InChI is InChI=1S/C22H28N6O3S2/c1-7-28-17(11-31-16-9-13(2)8-14(3)10-16)25-26-22(28)32-12-18(29)24-21-23-15(4)19(33-21)20(30)27(5)6/h8-10H,7,11-12H2,1-6H3,(H,23,24,29). The molecule has 0 aliphatic carbocycles. The summed E-state index contributed by atoms with van der Waals surface area (Å²) < 4.78 is 7.85. The summed E-state index contributed by atoms with van der Waals surface area (Å²) in [5.74, 6) is 1.27. The van der Waals surface area contributed by atoms with Gasteiger partial charge in [0.2, 0.25) is 5.91 Å². The van der Waals surface area contributed by atoms with Crippen molar-refractivity contribution in [1.29, 1.82) is 0 Å². The van der Waals surface area contributed by atoms with Crippen molar-refractivity contribution in [3.05, 3.63) is 45.7 Å². The molecule has 0 unspecified atom stereocenters. The van der Waals surface area contributed by atoms with Crippen LogP contribution >= 0.6 is 23.1 Å². The predicted molar refractivity (Wildman–Crippen MR) is 130 cm³/mol. The first-order valence-electron chi connectivity index (χ1n) is 10.4. The molecule has 9 nitrogen and oxygen atoms in total. The number of amides is 2. The molecule has 0 spiro atoms. The number of ether oxygens (including phenoxy) is 1. The van der Waals surface area contributed by atoms with Crippen molar-refractivity contribution in [3.8, 4) is 5.75 Å². The molecule has 3 aromatic rings. The van der Waals surface area contributed by atoms with E-state index in [-0.39, 0.29) is 24.2 Å². The Balaban J connectivity index is 1.59. The van der Waals surface area contributed by atoms with Crippen molar-refractivity contribution in [1.82, 2.24) is 24.6 Å². The molecule has 0 aliphatic heterocycles. The van der Waals surface area contributed by atoms with Crippen molar-refractivity contribution in [2.75, 3.05) is 25.2 Å². The first-order valence-corrected chi connectivity index (χ1v) is 12.2. The highest BCUT2D eigenvalue weighted by Crippen LogP contribution is 2.25. The number of carbonyl (C=O) groups is 2. The topological polar surface area (TPSA) is 102 Å². The predicted octanol–water partition coefficient (Wildman–Crippen LogP) is 3.69. The van der Waals surface area contributed by atoms with Gasteiger partial charge in [0.15, 0.2) is 16.1 Å². The molecule has 2 amide bonds. The second-order valence-corrected chi connectivity index (χ2v) is 9.67. The highest BCUT2D eigenvalue weighted by molar-refractivity contribution is 7.99. The van der Waals surface area contributed by atoms with Gasteiger partial charge in [0.1, 0.15) is 17.2 Å². The van der Waals surface area contributed by atoms with Gasteiger partial charge in [-0.2, -0.15) is 0 Å². The molecule has 0 aliphatic rings. The summed E-state index contributed by atoms with van der Waals surface area (Å²) >= 11 is 2.46. The van der Waals surface area contributed by atoms with Gasteiger partial charge in [-0.1, -0.05) is 29.2 Å². The van der Waals surface area contributed by atoms with E-state index in [1.807, 2.05) is 37.5 Å². The van der Waals surface area contributed by atoms with Gasteiger partial charge in [-0.25, -0.2) is 4.98 Å². The number of aryl methyl sites for hydroxylation is 3. The summed E-state index contributed by atoms with van der Waals surface area (Å²) in [6.45, 7) is 8.75. The number of hydrogen-bond donors (Lipinski definition) is 1. The normalized spacial score (nSPS) is 10.8. The Morgan fingerprint density at radius 3 is 2.48 bits per heavy atom. The summed E-state index contributed by atoms with van der Waals surface area (Å²) in [6.07, 6.45) is 0. The molecule has 0 fully saturated rings. The zero-order chi connectivity index (χ0) is 24.1. The lowest BCUT2D eigenvalue weighted by molar-refractivity contribution is -0.113. The molecular weight excluding hydrogens is 460 g/mol. The number of carbonyl (C=O) groups excluding carboxylic acids is 2. The third-order valence-electron chi connectivity index (χ3n) is 4.65. The van der Waals surface area contributed by atoms with E-state index in [1.165, 1.54) is 28.0 Å². The van der Waals surface area contributed by atoms with Gasteiger partial charge in [0.25, 0.3) is 5.91 Å². The number of anilines is 1. The van der Waals surface area contributed by atoms with E-state index in [2.05, 4.69) is 26.6 Å². The number of nitrogens with zero attached hydrogens (tertiary/aromatic N) is 5. The SMILES string of the molecule is CCn1c(COc2cc(C)cc(C)c2)nnc1SCC(=O)Nc1nc(C)c(C(=O)N(C)C)s1. The number of rotatable bonds is 9. The van der Waals surface area contributed by atoms with Gasteiger partial charge in [-0.15, -0.1) is 10.2 Å². The minimum Gasteiger partial charge on any atom is -0.486 e. The summed E-state index contributed by atoms with van der Waals surface area (Å²) in [7, 11) is 3.36. The Hall–Kier alpha value is -2.92. The van der Waals surface area contributed by atoms with Crippen LogP contribution < -0.4 is 10.1 Å². The van der Waals surface area contributed by atoms with E-state index in [9.17, 15) is 9.59 Å². The van der Waals surface area contributed by atoms with Crippen LogP contribution in [0, 0.1) is 20.8 Å². The summed E-state index contributed by atoms with van der Waals surface area (Å²) in [5, 5.41) is 12.3. The number of benzene rings is 1. The maximum atomic E-state index is 12.4. The van der Waals surface area contributed by atoms with E-state index in [4.69, 9.17) is 4.74 Å². The van der Waals surface area contributed by atoms with Crippen molar-refractivity contribution >= 4 is 40.0 Å². The molecule has 3 rings (SSSR count). The number of thioether (sulfide) groups is 1. The minimum absolute atomic E-state index is 0.133. The Morgan fingerprint density at radius 1 is 1.15 bits per heavy atom. The summed E-state index contributed by atoms with van der Waals surface area (Å²) in [6, 6.07) is 6.06. The highest BCUT2D eigenvalue weighted by atomic mass is 32.2. The van der Waals surface area contributed by atoms with Crippen LogP contribution in [0.2, 0.25) is 0 Å². The first kappa shape index (κ1) is 24.7. The van der Waals surface area contributed by atoms with Gasteiger partial charge < -0.3 is 19.5 Å². The van der Waals surface area contributed by atoms with E-state index in [0.717, 1.165) is 16.9 Å². The summed E-state index contributed by atoms with van der Waals surface area (Å²) in [4.78, 5) is 30.9. The molecule has 176 valence electrons. The number of aromatic nitrogens is 4. The third kappa shape index (κ3) is 6.32. The van der Waals surface area contributed by atoms with Gasteiger partial charge in [0.05, 0.1) is 11.4 Å². The van der Waals surface area contributed by atoms with Crippen molar-refractivity contribution in [3.63, 3.8) is 0 Å². The minimum atomic E-state index is -0.226. The molecule has 1 aromatic carbocycles. The Labute approximate surface area is 201 Å². The van der Waals surface area contributed by atoms with Crippen LogP contribution in [-0.2, 0) is 17.9 Å². The molecule has 0 saturated heterocycles. The van der Waals surface area contributed by atoms with Crippen LogP contribution in [0.15, 0.2) is 23.4 Å². The number of nitrogens with one attached hydrogen (secondary N) is 1. The Kier molecular flexibility index (Phi) is 8.09. The third-order valence-corrected chi connectivity index (χ3v) is 6.68. The fourth-order valence-electron chi connectivity index (χ4n) is 3.15. The molecular formula is C22H28N6O3S2. The van der Waals surface area contributed by atoms with E-state index >= 15 is 0 Å². The summed E-state index contributed by atoms with van der Waals surface area (Å²) in [5.41, 5.74) is 2.87. The van der Waals surface area contributed by atoms with Crippen molar-refractivity contribution in [2.24, 2.45) is 0 Å². The average molecular weight is 489 g/mol. The molecule has 0 bridgehead atoms. The largest absolute Gasteiger partial charge is 0.486 e. The molecule has 0 atom stereocenters. The van der Waals surface area contributed by atoms with Crippen LogP contribution in [-0.4, -0.2) is 56.3 Å². The lowest BCUT2D eigenvalue weighted by Crippen LogP contribution is -2.21. The van der Waals surface area contributed by atoms with Gasteiger partial charge >= 0.3 is 0 Å². The highest BCUT2D eigenvalue weighted by Gasteiger charge is 2.19. The van der Waals surface area contributed by atoms with E-state index in [1.54, 1.807) is 21.0 Å². The van der Waals surface area contributed by atoms with Crippen LogP contribution in [0.25, 0.3) is 0 Å². The molecule has 33 heavy (non-hydrogen) atoms. The fraction of sp³-hybridized carbons (Fsp3) is 0.409. The smallest absolute Gasteiger partial charge is 0.265 e. The molecule has 0 saturated carbocycles. The molecule has 11 heteroatoms. The van der Waals surface area contributed by atoms with Gasteiger partial charge in [-0.3, -0.25) is 9.59 Å². The second-order valence-electron chi connectivity index (χ2n) is 7.73. The van der Waals surface area contributed by atoms with Gasteiger partial charge in [0, 0.05) is 20.6 Å². The van der Waals surface area contributed by atoms with Crippen LogP contribution in [0.5, 0.6) is 5.75 Å². The molecule has 2 heterocycles. The lowest BCUT2D eigenvalue weighted by Gasteiger charge is -2.10. The zero-order valence-corrected chi connectivity index (χ0v) is 21.3. The maximum absolute atomic E-state index is 12.4. The number of thiazole rings is 1. The molecule has 1 N–H and O–H groups in total. The number of hydrogen-bond acceptors (Lipinski definition) is 8. The Morgan fingerprint density at radius 2 is 1.85 bits per heavy atom. The van der Waals surface area contributed by atoms with E-state index in [0.29, 0.717) is 33.2 Å². The van der Waals surface area contributed by atoms with Crippen molar-refractivity contribution < 1.29 is 14.3 Å². The molecule has 0 radical (unpaired) electrons.